The van der Waals surface area contributed by atoms with Crippen LogP contribution < -0.4 is 9.47 Å². The average molecular weight is 676 g/mol. The predicted octanol–water partition coefficient (Wildman–Crippen LogP) is 8.86. The molecule has 0 amide bonds. The Bertz CT molecular complexity index is 1990. The van der Waals surface area contributed by atoms with Gasteiger partial charge in [0, 0.05) is 44.8 Å². The molecule has 1 N–H and O–H groups in total. The molecule has 50 heavy (non-hydrogen) atoms. The largest absolute Gasteiger partial charge is 0.493 e. The summed E-state index contributed by atoms with van der Waals surface area (Å²) in [6, 6.07) is 25.7. The normalized spacial score (nSPS) is 10.8. The number of nitrogens with zero attached hydrogens (tertiary/aromatic N) is 3. The predicted molar refractivity (Wildman–Crippen MR) is 193 cm³/mol. The number of aryl methyl sites for hydroxylation is 5. The van der Waals surface area contributed by atoms with Crippen LogP contribution >= 0.6 is 0 Å². The van der Waals surface area contributed by atoms with Crippen LogP contribution in [0.2, 0.25) is 0 Å². The van der Waals surface area contributed by atoms with Gasteiger partial charge < -0.3 is 28.0 Å². The van der Waals surface area contributed by atoms with E-state index in [9.17, 15) is 9.90 Å². The molecule has 3 aromatic carbocycles. The van der Waals surface area contributed by atoms with Crippen molar-refractivity contribution >= 4 is 5.97 Å². The molecule has 9 heteroatoms. The van der Waals surface area contributed by atoms with Crippen molar-refractivity contribution < 1.29 is 28.2 Å². The van der Waals surface area contributed by atoms with Gasteiger partial charge in [0.2, 0.25) is 0 Å². The highest BCUT2D eigenvalue weighted by Gasteiger charge is 2.15. The lowest BCUT2D eigenvalue weighted by Gasteiger charge is -2.08. The number of ether oxygens (including phenoxy) is 2. The second-order valence-corrected chi connectivity index (χ2v) is 12.1. The minimum atomic E-state index is -0.935. The van der Waals surface area contributed by atoms with E-state index in [1.54, 1.807) is 6.20 Å². The molecule has 0 unspecified atom stereocenters. The lowest BCUT2D eigenvalue weighted by atomic mass is 10.0. The monoisotopic (exact) mass is 675 g/mol. The third kappa shape index (κ3) is 9.98. The first-order valence-electron chi connectivity index (χ1n) is 17.0. The molecule has 3 heterocycles. The summed E-state index contributed by atoms with van der Waals surface area (Å²) in [6.45, 7) is 10.8. The smallest absolute Gasteiger partial charge is 0.337 e. The zero-order valence-corrected chi connectivity index (χ0v) is 29.4. The van der Waals surface area contributed by atoms with Crippen molar-refractivity contribution in [2.75, 3.05) is 13.2 Å². The first-order valence-corrected chi connectivity index (χ1v) is 17.0. The van der Waals surface area contributed by atoms with E-state index in [0.717, 1.165) is 76.4 Å². The molecule has 3 aromatic heterocycles. The van der Waals surface area contributed by atoms with Crippen LogP contribution in [0.5, 0.6) is 11.5 Å². The van der Waals surface area contributed by atoms with E-state index >= 15 is 0 Å². The van der Waals surface area contributed by atoms with Crippen molar-refractivity contribution in [3.8, 4) is 17.2 Å². The van der Waals surface area contributed by atoms with Crippen molar-refractivity contribution in [1.29, 1.82) is 0 Å². The molecule has 0 saturated heterocycles. The second kappa shape index (κ2) is 17.2. The van der Waals surface area contributed by atoms with E-state index in [2.05, 4.69) is 29.0 Å². The number of aromatic nitrogens is 3. The van der Waals surface area contributed by atoms with Gasteiger partial charge in [-0.1, -0.05) is 55.8 Å². The number of carbonyl (C=O) groups is 1. The number of para-hydroxylation sites is 1. The third-order valence-electron chi connectivity index (χ3n) is 8.14. The number of rotatable bonds is 14. The summed E-state index contributed by atoms with van der Waals surface area (Å²) in [7, 11) is 0. The van der Waals surface area contributed by atoms with E-state index in [1.807, 2.05) is 105 Å². The Morgan fingerprint density at radius 3 is 1.80 bits per heavy atom. The second-order valence-electron chi connectivity index (χ2n) is 12.1. The van der Waals surface area contributed by atoms with Gasteiger partial charge in [0.1, 0.15) is 23.0 Å². The molecule has 0 aliphatic heterocycles. The zero-order chi connectivity index (χ0) is 35.5. The molecule has 6 aromatic rings. The number of carboxylic acids is 1. The van der Waals surface area contributed by atoms with Crippen LogP contribution in [-0.4, -0.2) is 38.8 Å². The molecule has 0 spiro atoms. The highest BCUT2D eigenvalue weighted by atomic mass is 16.5. The van der Waals surface area contributed by atoms with Crippen LogP contribution in [0.1, 0.15) is 75.1 Å². The molecule has 0 atom stereocenters. The van der Waals surface area contributed by atoms with Crippen LogP contribution in [0.3, 0.4) is 0 Å². The highest BCUT2D eigenvalue weighted by Crippen LogP contribution is 2.22. The van der Waals surface area contributed by atoms with Gasteiger partial charge in [-0.15, -0.1) is 0 Å². The molecule has 0 fully saturated rings. The van der Waals surface area contributed by atoms with Gasteiger partial charge in [-0.05, 0) is 79.8 Å². The third-order valence-corrected chi connectivity index (χ3v) is 8.14. The molecule has 0 aliphatic carbocycles. The highest BCUT2D eigenvalue weighted by molar-refractivity contribution is 5.89. The number of hydrogen-bond donors (Lipinski definition) is 1. The van der Waals surface area contributed by atoms with E-state index in [1.165, 1.54) is 5.56 Å². The quantitative estimate of drug-likeness (QED) is 0.122. The minimum absolute atomic E-state index is 0.298. The maximum absolute atomic E-state index is 11.8. The fourth-order valence-electron chi connectivity index (χ4n) is 5.76. The average Bonchev–Trinajstić information content (AvgIpc) is 3.77. The lowest BCUT2D eigenvalue weighted by molar-refractivity contribution is 0.0696. The summed E-state index contributed by atoms with van der Waals surface area (Å²) in [5, 5.41) is 9.66. The van der Waals surface area contributed by atoms with Crippen molar-refractivity contribution in [3.63, 3.8) is 0 Å². The first kappa shape index (κ1) is 35.7. The Labute approximate surface area is 293 Å². The summed E-state index contributed by atoms with van der Waals surface area (Å²) in [6.07, 6.45) is 7.73. The Hall–Kier alpha value is -5.57. The Kier molecular flexibility index (Phi) is 12.3. The summed E-state index contributed by atoms with van der Waals surface area (Å²) in [5.41, 5.74) is 6.18. The van der Waals surface area contributed by atoms with Crippen molar-refractivity contribution in [2.45, 2.75) is 66.7 Å². The topological polar surface area (TPSA) is 113 Å². The SMILES string of the molecule is CCCc1cccc(OCCc2nc(C)oc2C)c1.Cc1nc(CCOc2cccc(Cc3cn(-c4ccccc4)cc3C(=O)O)c2)c(C)o1. The van der Waals surface area contributed by atoms with E-state index < -0.39 is 5.97 Å². The van der Waals surface area contributed by atoms with Crippen LogP contribution in [-0.2, 0) is 25.7 Å². The number of benzene rings is 3. The summed E-state index contributed by atoms with van der Waals surface area (Å²) in [5.74, 6) is 3.83. The number of oxazole rings is 2. The first-order chi connectivity index (χ1) is 24.2. The van der Waals surface area contributed by atoms with Crippen LogP contribution in [0.25, 0.3) is 5.69 Å². The summed E-state index contributed by atoms with van der Waals surface area (Å²) in [4.78, 5) is 20.5. The van der Waals surface area contributed by atoms with E-state index in [0.29, 0.717) is 37.5 Å². The molecule has 0 aliphatic rings. The van der Waals surface area contributed by atoms with Gasteiger partial charge in [0.05, 0.1) is 30.2 Å². The minimum Gasteiger partial charge on any atom is -0.493 e. The summed E-state index contributed by atoms with van der Waals surface area (Å²) < 4.78 is 24.4. The molecule has 260 valence electrons. The molecule has 6 rings (SSSR count). The van der Waals surface area contributed by atoms with Gasteiger partial charge in [-0.25, -0.2) is 14.8 Å². The fraction of sp³-hybridized carbons (Fsp3) is 0.293. The Morgan fingerprint density at radius 1 is 0.720 bits per heavy atom. The molecule has 0 saturated carbocycles. The van der Waals surface area contributed by atoms with Gasteiger partial charge in [-0.2, -0.15) is 0 Å². The molecule has 0 radical (unpaired) electrons. The number of carboxylic acid groups (broad SMARTS) is 1. The van der Waals surface area contributed by atoms with E-state index in [4.69, 9.17) is 18.3 Å². The van der Waals surface area contributed by atoms with Crippen LogP contribution in [0.15, 0.2) is 100 Å². The van der Waals surface area contributed by atoms with E-state index in [-0.39, 0.29) is 0 Å². The number of hydrogen-bond acceptors (Lipinski definition) is 7. The van der Waals surface area contributed by atoms with Crippen LogP contribution in [0.4, 0.5) is 0 Å². The molecule has 9 nitrogen and oxygen atoms in total. The number of aromatic carboxylic acids is 1. The van der Waals surface area contributed by atoms with Crippen molar-refractivity contribution in [2.24, 2.45) is 0 Å². The molecular formula is C41H45N3O6. The standard InChI is InChI=1S/C25H24N2O4.C16H21NO2/c1-17-24(26-18(2)31-17)11-12-30-22-10-6-7-19(14-22)13-20-15-27(16-23(20)25(28)29)21-8-4-3-5-9-21;1-4-6-14-7-5-8-15(11-14)18-10-9-16-12(2)19-13(3)17-16/h3-10,14-16H,11-13H2,1-2H3,(H,28,29);5,7-8,11H,4,6,9-10H2,1-3H3. The van der Waals surface area contributed by atoms with Gasteiger partial charge in [0.25, 0.3) is 0 Å². The van der Waals surface area contributed by atoms with Crippen molar-refractivity contribution in [3.05, 3.63) is 148 Å². The maximum Gasteiger partial charge on any atom is 0.337 e. The van der Waals surface area contributed by atoms with Gasteiger partial charge in [-0.3, -0.25) is 0 Å². The zero-order valence-electron chi connectivity index (χ0n) is 29.4. The Morgan fingerprint density at radius 2 is 1.28 bits per heavy atom. The van der Waals surface area contributed by atoms with Gasteiger partial charge >= 0.3 is 5.97 Å². The van der Waals surface area contributed by atoms with Crippen molar-refractivity contribution in [1.82, 2.24) is 14.5 Å². The van der Waals surface area contributed by atoms with Gasteiger partial charge in [0.15, 0.2) is 11.8 Å². The summed E-state index contributed by atoms with van der Waals surface area (Å²) >= 11 is 0. The lowest BCUT2D eigenvalue weighted by Crippen LogP contribution is -2.03. The molecular weight excluding hydrogens is 630 g/mol. The Balaban J connectivity index is 0.000000219. The maximum atomic E-state index is 11.8. The van der Waals surface area contributed by atoms with Crippen LogP contribution in [0, 0.1) is 27.7 Å². The fourth-order valence-corrected chi connectivity index (χ4v) is 5.76. The molecule has 0 bridgehead atoms.